The van der Waals surface area contributed by atoms with Crippen LogP contribution in [0, 0.1) is 13.8 Å². The number of anilines is 2. The second-order valence-electron chi connectivity index (χ2n) is 6.96. The van der Waals surface area contributed by atoms with Gasteiger partial charge in [0.25, 0.3) is 5.91 Å². The molecule has 1 saturated heterocycles. The topological polar surface area (TPSA) is 79.4 Å². The van der Waals surface area contributed by atoms with Crippen LogP contribution in [0.4, 0.5) is 10.8 Å². The number of amides is 3. The molecule has 3 amide bonds. The minimum atomic E-state index is -0.341. The van der Waals surface area contributed by atoms with E-state index in [0.717, 1.165) is 16.2 Å². The fourth-order valence-corrected chi connectivity index (χ4v) is 3.90. The van der Waals surface area contributed by atoms with Crippen LogP contribution in [0.25, 0.3) is 11.3 Å². The monoisotopic (exact) mass is 405 g/mol. The second kappa shape index (κ2) is 7.60. The zero-order chi connectivity index (χ0) is 20.5. The van der Waals surface area contributed by atoms with E-state index < -0.39 is 0 Å². The summed E-state index contributed by atoms with van der Waals surface area (Å²) in [6.07, 6.45) is 0.408. The highest BCUT2D eigenvalue weighted by molar-refractivity contribution is 7.14. The molecule has 4 rings (SSSR count). The zero-order valence-electron chi connectivity index (χ0n) is 16.1. The van der Waals surface area contributed by atoms with E-state index in [2.05, 4.69) is 36.3 Å². The molecule has 0 unspecified atom stereocenters. The number of rotatable bonds is 4. The Balaban J connectivity index is 1.52. The van der Waals surface area contributed by atoms with E-state index in [9.17, 15) is 14.4 Å². The third kappa shape index (κ3) is 3.82. The summed E-state index contributed by atoms with van der Waals surface area (Å²) in [5.74, 6) is -0.831. The van der Waals surface area contributed by atoms with Crippen LogP contribution in [0.2, 0.25) is 0 Å². The number of nitrogens with zero attached hydrogens (tertiary/aromatic N) is 2. The normalized spacial score (nSPS) is 13.8. The van der Waals surface area contributed by atoms with Crippen LogP contribution in [0.15, 0.2) is 47.8 Å². The van der Waals surface area contributed by atoms with E-state index in [4.69, 9.17) is 0 Å². The van der Waals surface area contributed by atoms with Crippen molar-refractivity contribution in [2.75, 3.05) is 10.2 Å². The second-order valence-corrected chi connectivity index (χ2v) is 7.82. The van der Waals surface area contributed by atoms with Crippen molar-refractivity contribution in [2.24, 2.45) is 0 Å². The molecule has 7 heteroatoms. The van der Waals surface area contributed by atoms with Gasteiger partial charge in [-0.25, -0.2) is 4.98 Å². The fourth-order valence-electron chi connectivity index (χ4n) is 3.18. The predicted octanol–water partition coefficient (Wildman–Crippen LogP) is 4.33. The summed E-state index contributed by atoms with van der Waals surface area (Å²) >= 11 is 1.35. The lowest BCUT2D eigenvalue weighted by Gasteiger charge is -2.14. The maximum absolute atomic E-state index is 12.7. The van der Waals surface area contributed by atoms with E-state index in [1.54, 1.807) is 24.3 Å². The van der Waals surface area contributed by atoms with Crippen molar-refractivity contribution in [1.82, 2.24) is 4.98 Å². The molecule has 0 aliphatic carbocycles. The number of aromatic nitrogens is 1. The molecule has 1 N–H and O–H groups in total. The number of benzene rings is 2. The van der Waals surface area contributed by atoms with Gasteiger partial charge in [-0.2, -0.15) is 0 Å². The molecule has 0 radical (unpaired) electrons. The van der Waals surface area contributed by atoms with Crippen molar-refractivity contribution in [2.45, 2.75) is 26.7 Å². The van der Waals surface area contributed by atoms with E-state index in [1.807, 2.05) is 11.4 Å². The fraction of sp³-hybridized carbons (Fsp3) is 0.182. The van der Waals surface area contributed by atoms with Crippen molar-refractivity contribution in [3.05, 3.63) is 64.5 Å². The Kier molecular flexibility index (Phi) is 4.98. The number of hydrogen-bond acceptors (Lipinski definition) is 5. The van der Waals surface area contributed by atoms with Crippen molar-refractivity contribution in [1.29, 1.82) is 0 Å². The molecule has 1 fully saturated rings. The Morgan fingerprint density at radius 2 is 1.79 bits per heavy atom. The molecule has 6 nitrogen and oxygen atoms in total. The van der Waals surface area contributed by atoms with Crippen molar-refractivity contribution < 1.29 is 14.4 Å². The molecular formula is C22H19N3O3S. The van der Waals surface area contributed by atoms with Gasteiger partial charge in [-0.3, -0.25) is 24.6 Å². The number of nitrogens with one attached hydrogen (secondary N) is 1. The Hall–Kier alpha value is -3.32. The zero-order valence-corrected chi connectivity index (χ0v) is 16.9. The lowest BCUT2D eigenvalue weighted by atomic mass is 10.1. The number of thiazole rings is 1. The molecular weight excluding hydrogens is 386 g/mol. The van der Waals surface area contributed by atoms with Crippen LogP contribution in [0.1, 0.15) is 34.3 Å². The third-order valence-electron chi connectivity index (χ3n) is 4.95. The standard InChI is InChI=1S/C22H19N3O3S/c1-13-6-7-15(10-14(13)2)18-12-29-22(23-18)24-21(28)16-4-3-5-17(11-16)25-19(26)8-9-20(25)27/h3-7,10-12H,8-9H2,1-2H3,(H,23,24,28). The number of imide groups is 1. The van der Waals surface area contributed by atoms with Crippen LogP contribution >= 0.6 is 11.3 Å². The van der Waals surface area contributed by atoms with E-state index >= 15 is 0 Å². The molecule has 146 valence electrons. The van der Waals surface area contributed by atoms with Gasteiger partial charge in [0.2, 0.25) is 11.8 Å². The molecule has 2 aromatic carbocycles. The maximum Gasteiger partial charge on any atom is 0.257 e. The van der Waals surface area contributed by atoms with Crippen LogP contribution in [0.3, 0.4) is 0 Å². The van der Waals surface area contributed by atoms with Gasteiger partial charge >= 0.3 is 0 Å². The Morgan fingerprint density at radius 1 is 1.03 bits per heavy atom. The molecule has 0 atom stereocenters. The predicted molar refractivity (Wildman–Crippen MR) is 113 cm³/mol. The van der Waals surface area contributed by atoms with Gasteiger partial charge in [-0.05, 0) is 49.2 Å². The molecule has 29 heavy (non-hydrogen) atoms. The van der Waals surface area contributed by atoms with Gasteiger partial charge in [0.05, 0.1) is 11.4 Å². The molecule has 3 aromatic rings. The summed E-state index contributed by atoms with van der Waals surface area (Å²) in [5, 5.41) is 5.18. The average Bonchev–Trinajstić information content (AvgIpc) is 3.30. The minimum Gasteiger partial charge on any atom is -0.298 e. The quantitative estimate of drug-likeness (QED) is 0.655. The molecule has 2 heterocycles. The molecule has 1 aliphatic rings. The van der Waals surface area contributed by atoms with E-state index in [-0.39, 0.29) is 30.6 Å². The highest BCUT2D eigenvalue weighted by atomic mass is 32.1. The largest absolute Gasteiger partial charge is 0.298 e. The lowest BCUT2D eigenvalue weighted by Crippen LogP contribution is -2.28. The molecule has 0 bridgehead atoms. The van der Waals surface area contributed by atoms with Crippen molar-refractivity contribution in [3.63, 3.8) is 0 Å². The van der Waals surface area contributed by atoms with Gasteiger partial charge in [-0.15, -0.1) is 11.3 Å². The highest BCUT2D eigenvalue weighted by Gasteiger charge is 2.30. The summed E-state index contributed by atoms with van der Waals surface area (Å²) in [4.78, 5) is 42.2. The SMILES string of the molecule is Cc1ccc(-c2csc(NC(=O)c3cccc(N4C(=O)CCC4=O)c3)n2)cc1C. The first-order valence-corrected chi connectivity index (χ1v) is 10.1. The first-order valence-electron chi connectivity index (χ1n) is 9.23. The summed E-state index contributed by atoms with van der Waals surface area (Å²) < 4.78 is 0. The Labute approximate surface area is 172 Å². The Bertz CT molecular complexity index is 1120. The number of carbonyl (C=O) groups is 3. The summed E-state index contributed by atoms with van der Waals surface area (Å²) in [6.45, 7) is 4.11. The maximum atomic E-state index is 12.7. The highest BCUT2D eigenvalue weighted by Crippen LogP contribution is 2.27. The van der Waals surface area contributed by atoms with Gasteiger partial charge in [-0.1, -0.05) is 18.2 Å². The molecule has 0 spiro atoms. The van der Waals surface area contributed by atoms with Gasteiger partial charge in [0.1, 0.15) is 0 Å². The van der Waals surface area contributed by atoms with Crippen LogP contribution in [-0.2, 0) is 9.59 Å². The molecule has 1 aromatic heterocycles. The average molecular weight is 405 g/mol. The van der Waals surface area contributed by atoms with E-state index in [1.165, 1.54) is 22.5 Å². The van der Waals surface area contributed by atoms with Gasteiger partial charge < -0.3 is 0 Å². The first-order chi connectivity index (χ1) is 13.9. The third-order valence-corrected chi connectivity index (χ3v) is 5.70. The molecule has 0 saturated carbocycles. The van der Waals surface area contributed by atoms with Crippen LogP contribution in [-0.4, -0.2) is 22.7 Å². The van der Waals surface area contributed by atoms with Gasteiger partial charge in [0, 0.05) is 29.3 Å². The summed E-state index contributed by atoms with van der Waals surface area (Å²) in [7, 11) is 0. The van der Waals surface area contributed by atoms with Gasteiger partial charge in [0.15, 0.2) is 5.13 Å². The number of aryl methyl sites for hydroxylation is 2. The minimum absolute atomic E-state index is 0.204. The molecule has 1 aliphatic heterocycles. The van der Waals surface area contributed by atoms with Crippen molar-refractivity contribution in [3.8, 4) is 11.3 Å². The Morgan fingerprint density at radius 3 is 2.52 bits per heavy atom. The first kappa shape index (κ1) is 19.0. The lowest BCUT2D eigenvalue weighted by molar-refractivity contribution is -0.121. The van der Waals surface area contributed by atoms with Crippen molar-refractivity contribution >= 4 is 39.9 Å². The summed E-state index contributed by atoms with van der Waals surface area (Å²) in [5.41, 5.74) is 4.97. The number of hydrogen-bond donors (Lipinski definition) is 1. The smallest absolute Gasteiger partial charge is 0.257 e. The van der Waals surface area contributed by atoms with E-state index in [0.29, 0.717) is 16.4 Å². The summed E-state index contributed by atoms with van der Waals surface area (Å²) in [6, 6.07) is 12.6. The van der Waals surface area contributed by atoms with Crippen LogP contribution < -0.4 is 10.2 Å². The van der Waals surface area contributed by atoms with Crippen LogP contribution in [0.5, 0.6) is 0 Å². The number of carbonyl (C=O) groups excluding carboxylic acids is 3.